The molecule has 0 heterocycles. The van der Waals surface area contributed by atoms with Gasteiger partial charge in [0, 0.05) is 5.69 Å². The van der Waals surface area contributed by atoms with Crippen LogP contribution >= 0.6 is 0 Å². The van der Waals surface area contributed by atoms with Gasteiger partial charge in [0.15, 0.2) is 13.2 Å². The Morgan fingerprint density at radius 3 is 2.25 bits per heavy atom. The van der Waals surface area contributed by atoms with Crippen LogP contribution in [0.3, 0.4) is 0 Å². The summed E-state index contributed by atoms with van der Waals surface area (Å²) < 4.78 is 11.0. The average Bonchev–Trinajstić information content (AvgIpc) is 2.88. The number of benzene rings is 3. The van der Waals surface area contributed by atoms with Gasteiger partial charge in [-0.1, -0.05) is 36.4 Å². The van der Waals surface area contributed by atoms with Gasteiger partial charge in [-0.2, -0.15) is 5.10 Å². The molecule has 0 saturated carbocycles. The van der Waals surface area contributed by atoms with Crippen molar-refractivity contribution in [1.29, 1.82) is 0 Å². The molecule has 0 aromatic heterocycles. The summed E-state index contributed by atoms with van der Waals surface area (Å²) in [5.74, 6) is -0.0276. The highest BCUT2D eigenvalue weighted by atomic mass is 16.5. The first-order valence-corrected chi connectivity index (χ1v) is 11.3. The summed E-state index contributed by atoms with van der Waals surface area (Å²) >= 11 is 0. The van der Waals surface area contributed by atoms with E-state index in [2.05, 4.69) is 21.2 Å². The number of carbonyl (C=O) groups excluding carboxylic acids is 3. The minimum atomic E-state index is -0.798. The molecule has 3 amide bonds. The maximum atomic E-state index is 12.2. The highest BCUT2D eigenvalue weighted by Gasteiger charge is 2.15. The van der Waals surface area contributed by atoms with Gasteiger partial charge in [0.1, 0.15) is 17.5 Å². The van der Waals surface area contributed by atoms with Gasteiger partial charge >= 0.3 is 0 Å². The quantitative estimate of drug-likeness (QED) is 0.283. The number of ether oxygens (including phenoxy) is 2. The molecule has 0 fully saturated rings. The predicted octanol–water partition coefficient (Wildman–Crippen LogP) is 3.05. The number of anilines is 1. The third kappa shape index (κ3) is 8.60. The van der Waals surface area contributed by atoms with Crippen molar-refractivity contribution < 1.29 is 23.9 Å². The smallest absolute Gasteiger partial charge is 0.262 e. The highest BCUT2D eigenvalue weighted by molar-refractivity contribution is 5.92. The van der Waals surface area contributed by atoms with Crippen molar-refractivity contribution >= 4 is 29.6 Å². The summed E-state index contributed by atoms with van der Waals surface area (Å²) in [4.78, 5) is 36.2. The highest BCUT2D eigenvalue weighted by Crippen LogP contribution is 2.15. The molecule has 1 unspecified atom stereocenters. The Labute approximate surface area is 209 Å². The zero-order valence-corrected chi connectivity index (χ0v) is 20.1. The van der Waals surface area contributed by atoms with Gasteiger partial charge in [0.05, 0.1) is 6.21 Å². The molecule has 3 aromatic rings. The Bertz CT molecular complexity index is 1200. The summed E-state index contributed by atoms with van der Waals surface area (Å²) in [6.45, 7) is 3.11. The molecule has 0 spiro atoms. The van der Waals surface area contributed by atoms with Crippen LogP contribution in [0.25, 0.3) is 0 Å². The van der Waals surface area contributed by atoms with E-state index in [9.17, 15) is 14.4 Å². The lowest BCUT2D eigenvalue weighted by molar-refractivity contribution is -0.129. The minimum absolute atomic E-state index is 0.127. The number of hydrogen-bond acceptors (Lipinski definition) is 6. The normalized spacial score (nSPS) is 11.4. The van der Waals surface area contributed by atoms with Gasteiger partial charge < -0.3 is 20.1 Å². The van der Waals surface area contributed by atoms with E-state index in [-0.39, 0.29) is 19.1 Å². The van der Waals surface area contributed by atoms with Crippen molar-refractivity contribution in [3.8, 4) is 11.5 Å². The van der Waals surface area contributed by atoms with Crippen LogP contribution < -0.4 is 25.5 Å². The molecular formula is C27H28N4O5. The molecule has 0 aliphatic heterocycles. The Balaban J connectivity index is 1.37. The molecule has 36 heavy (non-hydrogen) atoms. The fraction of sp³-hybridized carbons (Fsp3) is 0.185. The third-order valence-corrected chi connectivity index (χ3v) is 4.92. The summed E-state index contributed by atoms with van der Waals surface area (Å²) in [7, 11) is 0. The number of nitrogens with zero attached hydrogens (tertiary/aromatic N) is 1. The molecule has 186 valence electrons. The van der Waals surface area contributed by atoms with Crippen LogP contribution in [0.4, 0.5) is 5.69 Å². The lowest BCUT2D eigenvalue weighted by Gasteiger charge is -2.13. The van der Waals surface area contributed by atoms with Crippen LogP contribution in [-0.4, -0.2) is 43.2 Å². The largest absolute Gasteiger partial charge is 0.484 e. The van der Waals surface area contributed by atoms with Gasteiger partial charge in [-0.3, -0.25) is 14.4 Å². The number of amides is 3. The maximum Gasteiger partial charge on any atom is 0.262 e. The maximum absolute atomic E-state index is 12.2. The van der Waals surface area contributed by atoms with Crippen molar-refractivity contribution in [2.45, 2.75) is 19.9 Å². The average molecular weight is 489 g/mol. The lowest BCUT2D eigenvalue weighted by Crippen LogP contribution is -2.45. The van der Waals surface area contributed by atoms with Gasteiger partial charge in [-0.15, -0.1) is 0 Å². The predicted molar refractivity (Wildman–Crippen MR) is 137 cm³/mol. The first kappa shape index (κ1) is 26.0. The van der Waals surface area contributed by atoms with E-state index in [1.807, 2.05) is 43.3 Å². The van der Waals surface area contributed by atoms with E-state index >= 15 is 0 Å². The second-order valence-corrected chi connectivity index (χ2v) is 7.85. The first-order chi connectivity index (χ1) is 17.4. The number of rotatable bonds is 11. The Hall–Kier alpha value is -4.66. The molecule has 1 atom stereocenters. The number of para-hydroxylation sites is 2. The van der Waals surface area contributed by atoms with Crippen LogP contribution in [0, 0.1) is 6.92 Å². The van der Waals surface area contributed by atoms with E-state index in [0.717, 1.165) is 5.56 Å². The summed E-state index contributed by atoms with van der Waals surface area (Å²) in [5, 5.41) is 9.22. The monoisotopic (exact) mass is 488 g/mol. The molecule has 0 aliphatic rings. The van der Waals surface area contributed by atoms with Gasteiger partial charge in [0.25, 0.3) is 17.7 Å². The third-order valence-electron chi connectivity index (χ3n) is 4.92. The van der Waals surface area contributed by atoms with Crippen molar-refractivity contribution in [3.63, 3.8) is 0 Å². The zero-order chi connectivity index (χ0) is 25.8. The summed E-state index contributed by atoms with van der Waals surface area (Å²) in [6, 6.07) is 22.5. The number of nitrogens with one attached hydrogen (secondary N) is 3. The minimum Gasteiger partial charge on any atom is -0.484 e. The summed E-state index contributed by atoms with van der Waals surface area (Å²) in [5.41, 5.74) is 4.71. The van der Waals surface area contributed by atoms with E-state index in [4.69, 9.17) is 9.47 Å². The first-order valence-electron chi connectivity index (χ1n) is 11.3. The Morgan fingerprint density at radius 1 is 0.861 bits per heavy atom. The molecule has 3 aromatic carbocycles. The second-order valence-electron chi connectivity index (χ2n) is 7.85. The Kier molecular flexibility index (Phi) is 9.58. The van der Waals surface area contributed by atoms with Crippen LogP contribution in [0.1, 0.15) is 18.1 Å². The molecule has 3 rings (SSSR count). The number of hydrogen-bond donors (Lipinski definition) is 3. The van der Waals surface area contributed by atoms with Crippen molar-refractivity contribution in [3.05, 3.63) is 90.0 Å². The fourth-order valence-electron chi connectivity index (χ4n) is 3.00. The van der Waals surface area contributed by atoms with Gasteiger partial charge in [-0.25, -0.2) is 5.43 Å². The molecule has 0 radical (unpaired) electrons. The van der Waals surface area contributed by atoms with E-state index in [1.54, 1.807) is 49.4 Å². The van der Waals surface area contributed by atoms with Crippen LogP contribution in [0.5, 0.6) is 11.5 Å². The van der Waals surface area contributed by atoms with E-state index in [1.165, 1.54) is 6.21 Å². The van der Waals surface area contributed by atoms with Crippen molar-refractivity contribution in [1.82, 2.24) is 10.7 Å². The molecule has 9 nitrogen and oxygen atoms in total. The van der Waals surface area contributed by atoms with Gasteiger partial charge in [-0.05, 0) is 67.4 Å². The summed E-state index contributed by atoms with van der Waals surface area (Å²) in [6.07, 6.45) is 1.46. The number of hydrazone groups is 1. The van der Waals surface area contributed by atoms with Crippen molar-refractivity contribution in [2.24, 2.45) is 5.10 Å². The molecule has 0 saturated heterocycles. The van der Waals surface area contributed by atoms with E-state index < -0.39 is 17.9 Å². The Morgan fingerprint density at radius 2 is 1.53 bits per heavy atom. The molecular weight excluding hydrogens is 460 g/mol. The number of carbonyl (C=O) groups is 3. The fourth-order valence-corrected chi connectivity index (χ4v) is 3.00. The lowest BCUT2D eigenvalue weighted by atomic mass is 10.2. The number of aryl methyl sites for hydroxylation is 1. The van der Waals surface area contributed by atoms with Crippen LogP contribution in [-0.2, 0) is 14.4 Å². The molecule has 0 bridgehead atoms. The van der Waals surface area contributed by atoms with Crippen LogP contribution in [0.15, 0.2) is 84.0 Å². The molecule has 3 N–H and O–H groups in total. The second kappa shape index (κ2) is 13.3. The standard InChI is InChI=1S/C27H28N4O5/c1-19-8-6-7-11-24(19)36-18-25(32)29-20(2)27(34)31-28-16-21-12-14-23(15-13-21)35-17-26(33)30-22-9-4-3-5-10-22/h3-16,20H,17-18H2,1-2H3,(H,29,32)(H,30,33)(H,31,34)/b28-16+. The SMILES string of the molecule is Cc1ccccc1OCC(=O)NC(C)C(=O)N/N=C/c1ccc(OCC(=O)Nc2ccccc2)cc1. The molecule has 0 aliphatic carbocycles. The topological polar surface area (TPSA) is 118 Å². The zero-order valence-electron chi connectivity index (χ0n) is 20.1. The van der Waals surface area contributed by atoms with Crippen molar-refractivity contribution in [2.75, 3.05) is 18.5 Å². The van der Waals surface area contributed by atoms with Gasteiger partial charge in [0.2, 0.25) is 0 Å². The van der Waals surface area contributed by atoms with Crippen LogP contribution in [0.2, 0.25) is 0 Å². The van der Waals surface area contributed by atoms with E-state index in [0.29, 0.717) is 22.7 Å². The molecule has 9 heteroatoms.